The van der Waals surface area contributed by atoms with Gasteiger partial charge in [-0.1, -0.05) is 0 Å². The van der Waals surface area contributed by atoms with Crippen molar-refractivity contribution in [1.29, 1.82) is 0 Å². The van der Waals surface area contributed by atoms with E-state index in [-0.39, 0.29) is 5.54 Å². The van der Waals surface area contributed by atoms with Gasteiger partial charge < -0.3 is 20.3 Å². The molecule has 0 radical (unpaired) electrons. The van der Waals surface area contributed by atoms with E-state index in [4.69, 9.17) is 10.5 Å². The van der Waals surface area contributed by atoms with Crippen LogP contribution in [0.25, 0.3) is 0 Å². The predicted molar refractivity (Wildman–Crippen MR) is 75.9 cm³/mol. The molecule has 0 aromatic carbocycles. The first-order valence-electron chi connectivity index (χ1n) is 6.85. The van der Waals surface area contributed by atoms with Crippen molar-refractivity contribution in [1.82, 2.24) is 9.80 Å². The Hall–Kier alpha value is -0.810. The van der Waals surface area contributed by atoms with Gasteiger partial charge in [-0.3, -0.25) is 4.99 Å². The summed E-state index contributed by atoms with van der Waals surface area (Å²) in [6.45, 7) is 8.40. The average molecular weight is 256 g/mol. The van der Waals surface area contributed by atoms with E-state index in [1.54, 1.807) is 0 Å². The van der Waals surface area contributed by atoms with Crippen LogP contribution in [0.1, 0.15) is 26.7 Å². The van der Waals surface area contributed by atoms with Gasteiger partial charge in [0.05, 0.1) is 6.54 Å². The first-order chi connectivity index (χ1) is 8.55. The van der Waals surface area contributed by atoms with Gasteiger partial charge in [-0.15, -0.1) is 0 Å². The number of nitrogens with two attached hydrogens (primary N) is 1. The molecular weight excluding hydrogens is 228 g/mol. The lowest BCUT2D eigenvalue weighted by atomic mass is 9.89. The molecule has 18 heavy (non-hydrogen) atoms. The molecule has 2 N–H and O–H groups in total. The Bertz CT molecular complexity index is 268. The second-order valence-corrected chi connectivity index (χ2v) is 5.08. The minimum atomic E-state index is 0.107. The first kappa shape index (κ1) is 15.2. The van der Waals surface area contributed by atoms with Crippen LogP contribution in [0.4, 0.5) is 0 Å². The van der Waals surface area contributed by atoms with Gasteiger partial charge in [0.2, 0.25) is 0 Å². The molecule has 5 heteroatoms. The smallest absolute Gasteiger partial charge is 0.191 e. The quantitative estimate of drug-likeness (QED) is 0.583. The Morgan fingerprint density at radius 1 is 1.22 bits per heavy atom. The highest BCUT2D eigenvalue weighted by Crippen LogP contribution is 2.26. The Morgan fingerprint density at radius 2 is 1.78 bits per heavy atom. The van der Waals surface area contributed by atoms with E-state index in [1.807, 2.05) is 0 Å². The molecule has 1 fully saturated rings. The minimum Gasteiger partial charge on any atom is -0.381 e. The van der Waals surface area contributed by atoms with E-state index in [0.717, 1.165) is 45.7 Å². The topological polar surface area (TPSA) is 54.1 Å². The van der Waals surface area contributed by atoms with E-state index in [1.165, 1.54) is 0 Å². The van der Waals surface area contributed by atoms with E-state index in [0.29, 0.717) is 5.96 Å². The number of hydrogen-bond donors (Lipinski definition) is 1. The Labute approximate surface area is 111 Å². The third-order valence-corrected chi connectivity index (χ3v) is 4.00. The summed E-state index contributed by atoms with van der Waals surface area (Å²) < 4.78 is 5.45. The predicted octanol–water partition coefficient (Wildman–Crippen LogP) is 0.754. The molecule has 0 aliphatic carbocycles. The maximum atomic E-state index is 6.04. The molecule has 0 bridgehead atoms. The van der Waals surface area contributed by atoms with Crippen LogP contribution >= 0.6 is 0 Å². The normalized spacial score (nSPS) is 20.2. The number of likely N-dealkylation sites (N-methyl/N-ethyl adjacent to an activating group) is 1. The van der Waals surface area contributed by atoms with Crippen LogP contribution in [0.5, 0.6) is 0 Å². The van der Waals surface area contributed by atoms with E-state index in [2.05, 4.69) is 42.7 Å². The molecule has 1 aliphatic heterocycles. The Balaban J connectivity index is 2.69. The van der Waals surface area contributed by atoms with Crippen molar-refractivity contribution < 1.29 is 4.74 Å². The second-order valence-electron chi connectivity index (χ2n) is 5.08. The fraction of sp³-hybridized carbons (Fsp3) is 0.923. The largest absolute Gasteiger partial charge is 0.381 e. The lowest BCUT2D eigenvalue weighted by molar-refractivity contribution is -0.00260. The van der Waals surface area contributed by atoms with Crippen molar-refractivity contribution in [2.24, 2.45) is 10.7 Å². The van der Waals surface area contributed by atoms with Crippen molar-refractivity contribution in [3.63, 3.8) is 0 Å². The maximum Gasteiger partial charge on any atom is 0.191 e. The summed E-state index contributed by atoms with van der Waals surface area (Å²) in [6.07, 6.45) is 2.05. The number of aliphatic imine (C=N–C) groups is 1. The third kappa shape index (κ3) is 3.59. The molecule has 1 saturated heterocycles. The van der Waals surface area contributed by atoms with Gasteiger partial charge in [0.15, 0.2) is 5.96 Å². The van der Waals surface area contributed by atoms with Gasteiger partial charge in [0.1, 0.15) is 0 Å². The molecule has 1 heterocycles. The van der Waals surface area contributed by atoms with Crippen LogP contribution in [0.15, 0.2) is 4.99 Å². The summed E-state index contributed by atoms with van der Waals surface area (Å²) in [5.74, 6) is 0.660. The molecule has 0 saturated carbocycles. The summed E-state index contributed by atoms with van der Waals surface area (Å²) in [4.78, 5) is 8.96. The highest BCUT2D eigenvalue weighted by atomic mass is 16.5. The standard InChI is InChI=1S/C13H28N4O/c1-5-17(6-2)12(14)15-11-13(16(3)4)7-9-18-10-8-13/h5-11H2,1-4H3,(H2,14,15). The molecule has 0 amide bonds. The van der Waals surface area contributed by atoms with Gasteiger partial charge in [-0.05, 0) is 40.8 Å². The highest BCUT2D eigenvalue weighted by molar-refractivity contribution is 5.78. The average Bonchev–Trinajstić information content (AvgIpc) is 2.38. The van der Waals surface area contributed by atoms with Crippen molar-refractivity contribution in [2.75, 3.05) is 46.9 Å². The lowest BCUT2D eigenvalue weighted by Gasteiger charge is -2.41. The van der Waals surface area contributed by atoms with E-state index < -0.39 is 0 Å². The third-order valence-electron chi connectivity index (χ3n) is 4.00. The monoisotopic (exact) mass is 256 g/mol. The zero-order valence-corrected chi connectivity index (χ0v) is 12.3. The van der Waals surface area contributed by atoms with Crippen molar-refractivity contribution >= 4 is 5.96 Å². The van der Waals surface area contributed by atoms with Gasteiger partial charge in [0, 0.05) is 31.8 Å². The second kappa shape index (κ2) is 6.95. The molecule has 106 valence electrons. The van der Waals surface area contributed by atoms with Crippen molar-refractivity contribution in [2.45, 2.75) is 32.2 Å². The molecular formula is C13H28N4O. The summed E-state index contributed by atoms with van der Waals surface area (Å²) in [7, 11) is 4.24. The number of hydrogen-bond acceptors (Lipinski definition) is 3. The Morgan fingerprint density at radius 3 is 2.22 bits per heavy atom. The van der Waals surface area contributed by atoms with Crippen molar-refractivity contribution in [3.05, 3.63) is 0 Å². The van der Waals surface area contributed by atoms with Gasteiger partial charge >= 0.3 is 0 Å². The van der Waals surface area contributed by atoms with Gasteiger partial charge in [-0.2, -0.15) is 0 Å². The zero-order chi connectivity index (χ0) is 13.6. The molecule has 1 rings (SSSR count). The van der Waals surface area contributed by atoms with E-state index >= 15 is 0 Å². The molecule has 0 aromatic rings. The molecule has 0 aromatic heterocycles. The first-order valence-corrected chi connectivity index (χ1v) is 6.85. The molecule has 0 spiro atoms. The number of ether oxygens (including phenoxy) is 1. The zero-order valence-electron chi connectivity index (χ0n) is 12.3. The molecule has 0 unspecified atom stereocenters. The molecule has 1 aliphatic rings. The van der Waals surface area contributed by atoms with Crippen LogP contribution in [-0.2, 0) is 4.74 Å². The van der Waals surface area contributed by atoms with E-state index in [9.17, 15) is 0 Å². The molecule has 5 nitrogen and oxygen atoms in total. The van der Waals surface area contributed by atoms with Crippen LogP contribution in [-0.4, -0.2) is 68.2 Å². The maximum absolute atomic E-state index is 6.04. The van der Waals surface area contributed by atoms with Gasteiger partial charge in [0.25, 0.3) is 0 Å². The lowest BCUT2D eigenvalue weighted by Crippen LogP contribution is -2.51. The fourth-order valence-electron chi connectivity index (χ4n) is 2.37. The molecule has 0 atom stereocenters. The summed E-state index contributed by atoms with van der Waals surface area (Å²) in [6, 6.07) is 0. The highest BCUT2D eigenvalue weighted by Gasteiger charge is 2.34. The number of nitrogens with zero attached hydrogens (tertiary/aromatic N) is 3. The van der Waals surface area contributed by atoms with Crippen LogP contribution < -0.4 is 5.73 Å². The summed E-state index contributed by atoms with van der Waals surface area (Å²) >= 11 is 0. The number of guanidine groups is 1. The van der Waals surface area contributed by atoms with Crippen LogP contribution in [0.2, 0.25) is 0 Å². The minimum absolute atomic E-state index is 0.107. The fourth-order valence-corrected chi connectivity index (χ4v) is 2.37. The Kier molecular flexibility index (Phi) is 5.88. The van der Waals surface area contributed by atoms with Crippen LogP contribution in [0, 0.1) is 0 Å². The van der Waals surface area contributed by atoms with Gasteiger partial charge in [-0.25, -0.2) is 0 Å². The van der Waals surface area contributed by atoms with Crippen LogP contribution in [0.3, 0.4) is 0 Å². The SMILES string of the molecule is CCN(CC)C(N)=NCC1(N(C)C)CCOCC1. The summed E-state index contributed by atoms with van der Waals surface area (Å²) in [5.41, 5.74) is 6.15. The number of rotatable bonds is 5. The van der Waals surface area contributed by atoms with Crippen molar-refractivity contribution in [3.8, 4) is 0 Å². The summed E-state index contributed by atoms with van der Waals surface area (Å²) in [5, 5.41) is 0.